The highest BCUT2D eigenvalue weighted by Gasteiger charge is 2.56. The zero-order valence-corrected chi connectivity index (χ0v) is 11.9. The summed E-state index contributed by atoms with van der Waals surface area (Å²) >= 11 is 0. The van der Waals surface area contributed by atoms with Gasteiger partial charge >= 0.3 is 23.9 Å². The number of carbonyl (C=O) groups excluding carboxylic acids is 3. The summed E-state index contributed by atoms with van der Waals surface area (Å²) < 4.78 is 19.4. The number of hydrogen-bond donors (Lipinski definition) is 0. The highest BCUT2D eigenvalue weighted by atomic mass is 28.2. The molecule has 0 heterocycles. The summed E-state index contributed by atoms with van der Waals surface area (Å²) in [6, 6.07) is 0. The fraction of sp³-hybridized carbons (Fsp3) is 0.700. The van der Waals surface area contributed by atoms with E-state index in [0.717, 1.165) is 20.8 Å². The van der Waals surface area contributed by atoms with Gasteiger partial charge in [-0.15, -0.1) is 0 Å². The first-order chi connectivity index (χ1) is 8.06. The Kier molecular flexibility index (Phi) is 5.49. The third kappa shape index (κ3) is 4.11. The molecular weight excluding hydrogens is 260 g/mol. The van der Waals surface area contributed by atoms with Crippen LogP contribution < -0.4 is 0 Å². The Morgan fingerprint density at radius 2 is 1.11 bits per heavy atom. The van der Waals surface area contributed by atoms with E-state index in [1.807, 2.05) is 0 Å². The van der Waals surface area contributed by atoms with Crippen LogP contribution in [-0.4, -0.2) is 40.0 Å². The van der Waals surface area contributed by atoms with E-state index >= 15 is 0 Å². The van der Waals surface area contributed by atoms with Crippen molar-refractivity contribution < 1.29 is 33.0 Å². The molecule has 0 atom stereocenters. The summed E-state index contributed by atoms with van der Waals surface area (Å²) in [5, 5.41) is 0. The normalized spacial score (nSPS) is 11.7. The SMILES string of the molecule is CC(=O)OC(OC(C)=O)(OC(C)=O)C(C)(C)O[Si]. The van der Waals surface area contributed by atoms with E-state index in [2.05, 4.69) is 10.5 Å². The minimum Gasteiger partial charge on any atom is -0.403 e. The Hall–Kier alpha value is -1.41. The van der Waals surface area contributed by atoms with Gasteiger partial charge in [-0.1, -0.05) is 0 Å². The molecule has 0 amide bonds. The maximum absolute atomic E-state index is 11.1. The van der Waals surface area contributed by atoms with Crippen molar-refractivity contribution in [3.63, 3.8) is 0 Å². The van der Waals surface area contributed by atoms with Crippen molar-refractivity contribution in [2.24, 2.45) is 0 Å². The van der Waals surface area contributed by atoms with Gasteiger partial charge in [-0.05, 0) is 13.8 Å². The van der Waals surface area contributed by atoms with Crippen LogP contribution >= 0.6 is 0 Å². The third-order valence-electron chi connectivity index (χ3n) is 1.83. The molecule has 0 aromatic rings. The second-order valence-electron chi connectivity index (χ2n) is 3.95. The molecule has 101 valence electrons. The van der Waals surface area contributed by atoms with Gasteiger partial charge < -0.3 is 18.6 Å². The molecule has 0 spiro atoms. The van der Waals surface area contributed by atoms with E-state index in [-0.39, 0.29) is 0 Å². The topological polar surface area (TPSA) is 88.1 Å². The van der Waals surface area contributed by atoms with E-state index in [0.29, 0.717) is 0 Å². The van der Waals surface area contributed by atoms with Gasteiger partial charge in [0.2, 0.25) is 10.5 Å². The lowest BCUT2D eigenvalue weighted by molar-refractivity contribution is -0.379. The second kappa shape index (κ2) is 5.96. The molecule has 0 aromatic heterocycles. The third-order valence-corrected chi connectivity index (χ3v) is 2.34. The number of ether oxygens (including phenoxy) is 3. The van der Waals surface area contributed by atoms with Crippen LogP contribution in [0.1, 0.15) is 34.6 Å². The average Bonchev–Trinajstić information content (AvgIpc) is 2.13. The monoisotopic (exact) mass is 275 g/mol. The Balaban J connectivity index is 5.58. The second-order valence-corrected chi connectivity index (χ2v) is 4.15. The molecule has 0 aliphatic heterocycles. The van der Waals surface area contributed by atoms with Crippen molar-refractivity contribution in [3.05, 3.63) is 0 Å². The van der Waals surface area contributed by atoms with Crippen LogP contribution in [-0.2, 0) is 33.0 Å². The highest BCUT2D eigenvalue weighted by molar-refractivity contribution is 5.98. The molecular formula is C10H15O7Si. The van der Waals surface area contributed by atoms with E-state index in [4.69, 9.17) is 18.6 Å². The lowest BCUT2D eigenvalue weighted by Crippen LogP contribution is -2.59. The fourth-order valence-electron chi connectivity index (χ4n) is 1.06. The molecule has 18 heavy (non-hydrogen) atoms. The molecule has 0 bridgehead atoms. The maximum Gasteiger partial charge on any atom is 0.452 e. The van der Waals surface area contributed by atoms with Crippen LogP contribution in [0.4, 0.5) is 0 Å². The van der Waals surface area contributed by atoms with Gasteiger partial charge in [-0.3, -0.25) is 14.4 Å². The predicted molar refractivity (Wildman–Crippen MR) is 58.9 cm³/mol. The minimum absolute atomic E-state index is 0.811. The first kappa shape index (κ1) is 16.6. The first-order valence-corrected chi connectivity index (χ1v) is 5.40. The molecule has 0 fully saturated rings. The van der Waals surface area contributed by atoms with Crippen molar-refractivity contribution in [1.29, 1.82) is 0 Å². The van der Waals surface area contributed by atoms with Gasteiger partial charge in [-0.25, -0.2) is 0 Å². The van der Waals surface area contributed by atoms with Gasteiger partial charge in [0.05, 0.1) is 0 Å². The van der Waals surface area contributed by atoms with Crippen molar-refractivity contribution in [2.45, 2.75) is 46.2 Å². The van der Waals surface area contributed by atoms with Crippen molar-refractivity contribution in [2.75, 3.05) is 0 Å². The number of esters is 3. The minimum atomic E-state index is -2.31. The lowest BCUT2D eigenvalue weighted by Gasteiger charge is -2.40. The molecule has 7 nitrogen and oxygen atoms in total. The van der Waals surface area contributed by atoms with E-state index < -0.39 is 29.5 Å². The van der Waals surface area contributed by atoms with Gasteiger partial charge in [0, 0.05) is 20.8 Å². The van der Waals surface area contributed by atoms with Gasteiger partial charge in [0.1, 0.15) is 0 Å². The zero-order valence-electron chi connectivity index (χ0n) is 10.9. The molecule has 0 aromatic carbocycles. The largest absolute Gasteiger partial charge is 0.452 e. The van der Waals surface area contributed by atoms with Gasteiger partial charge in [0.25, 0.3) is 0 Å². The van der Waals surface area contributed by atoms with Crippen LogP contribution in [0.25, 0.3) is 0 Å². The van der Waals surface area contributed by atoms with Crippen molar-refractivity contribution in [3.8, 4) is 0 Å². The van der Waals surface area contributed by atoms with Crippen molar-refractivity contribution in [1.82, 2.24) is 0 Å². The van der Waals surface area contributed by atoms with E-state index in [9.17, 15) is 14.4 Å². The van der Waals surface area contributed by atoms with Crippen molar-refractivity contribution >= 4 is 28.4 Å². The molecule has 0 aliphatic rings. The Morgan fingerprint density at radius 3 is 1.28 bits per heavy atom. The summed E-state index contributed by atoms with van der Waals surface area (Å²) in [6.07, 6.45) is 0. The Bertz CT molecular complexity index is 309. The standard InChI is InChI=1S/C10H15O7Si/c1-6(11)14-10(15-7(2)12,16-8(3)13)9(4,5)17-18/h1-5H3. The molecule has 0 unspecified atom stereocenters. The first-order valence-electron chi connectivity index (χ1n) is 5.00. The smallest absolute Gasteiger partial charge is 0.403 e. The molecule has 0 aliphatic carbocycles. The number of hydrogen-bond acceptors (Lipinski definition) is 7. The summed E-state index contributed by atoms with van der Waals surface area (Å²) in [5.41, 5.74) is -1.47. The molecule has 0 saturated carbocycles. The predicted octanol–water partition coefficient (Wildman–Crippen LogP) is 0.208. The zero-order chi connectivity index (χ0) is 14.6. The summed E-state index contributed by atoms with van der Waals surface area (Å²) in [4.78, 5) is 33.3. The van der Waals surface area contributed by atoms with E-state index in [1.165, 1.54) is 13.8 Å². The number of carbonyl (C=O) groups is 3. The van der Waals surface area contributed by atoms with Gasteiger partial charge in [0.15, 0.2) is 5.60 Å². The van der Waals surface area contributed by atoms with Crippen LogP contribution in [0.3, 0.4) is 0 Å². The fourth-order valence-corrected chi connectivity index (χ4v) is 1.19. The van der Waals surface area contributed by atoms with Crippen LogP contribution in [0.5, 0.6) is 0 Å². The quantitative estimate of drug-likeness (QED) is 0.402. The van der Waals surface area contributed by atoms with Crippen LogP contribution in [0, 0.1) is 0 Å². The Labute approximate surface area is 108 Å². The molecule has 0 saturated heterocycles. The maximum atomic E-state index is 11.1. The van der Waals surface area contributed by atoms with E-state index in [1.54, 1.807) is 0 Å². The lowest BCUT2D eigenvalue weighted by atomic mass is 10.1. The summed E-state index contributed by atoms with van der Waals surface area (Å²) in [5.74, 6) is -4.74. The summed E-state index contributed by atoms with van der Waals surface area (Å²) in [6.45, 7) is 6.02. The van der Waals surface area contributed by atoms with Crippen LogP contribution in [0.2, 0.25) is 0 Å². The average molecular weight is 275 g/mol. The molecule has 0 N–H and O–H groups in total. The summed E-state index contributed by atoms with van der Waals surface area (Å²) in [7, 11) is 2.75. The molecule has 0 rings (SSSR count). The number of rotatable bonds is 5. The Morgan fingerprint density at radius 1 is 0.833 bits per heavy atom. The van der Waals surface area contributed by atoms with Gasteiger partial charge in [-0.2, -0.15) is 0 Å². The highest BCUT2D eigenvalue weighted by Crippen LogP contribution is 2.32. The molecule has 8 heteroatoms. The molecule has 3 radical (unpaired) electrons. The van der Waals surface area contributed by atoms with Crippen LogP contribution in [0.15, 0.2) is 0 Å².